The van der Waals surface area contributed by atoms with E-state index >= 15 is 0 Å². The molecule has 0 bridgehead atoms. The molecule has 0 heterocycles. The first-order valence-electron chi connectivity index (χ1n) is 12.7. The molecule has 0 aliphatic heterocycles. The largest absolute Gasteiger partial charge is 0.420 e. The van der Waals surface area contributed by atoms with E-state index in [-0.39, 0.29) is 33.0 Å². The van der Waals surface area contributed by atoms with Gasteiger partial charge in [-0.05, 0) is 0 Å². The average Bonchev–Trinajstić information content (AvgIpc) is 2.97. The summed E-state index contributed by atoms with van der Waals surface area (Å²) in [5, 5.41) is 0. The highest BCUT2D eigenvalue weighted by Gasteiger charge is 2.28. The molecule has 41 heavy (non-hydrogen) atoms. The Labute approximate surface area is 235 Å². The summed E-state index contributed by atoms with van der Waals surface area (Å²) in [6.07, 6.45) is 4.56. The second-order valence-electron chi connectivity index (χ2n) is 7.67. The third-order valence-electron chi connectivity index (χ3n) is 4.63. The Morgan fingerprint density at radius 3 is 1.12 bits per heavy atom. The minimum absolute atomic E-state index is 0.0842. The Hall–Kier alpha value is -2.42. The van der Waals surface area contributed by atoms with Crippen molar-refractivity contribution in [2.75, 3.05) is 106 Å². The molecular weight excluding hydrogens is 567 g/mol. The highest BCUT2D eigenvalue weighted by atomic mass is 19.2. The van der Waals surface area contributed by atoms with Crippen molar-refractivity contribution >= 4 is 5.97 Å². The number of benzene rings is 1. The lowest BCUT2D eigenvalue weighted by atomic mass is 10.2. The maximum Gasteiger partial charge on any atom is 0.313 e. The summed E-state index contributed by atoms with van der Waals surface area (Å²) < 4.78 is 113. The van der Waals surface area contributed by atoms with E-state index in [0.717, 1.165) is 0 Å². The van der Waals surface area contributed by atoms with E-state index in [9.17, 15) is 26.7 Å². The Morgan fingerprint density at radius 2 is 0.780 bits per heavy atom. The van der Waals surface area contributed by atoms with Gasteiger partial charge in [0.05, 0.1) is 106 Å². The zero-order valence-electron chi connectivity index (χ0n) is 22.6. The highest BCUT2D eigenvalue weighted by Crippen LogP contribution is 2.29. The molecule has 0 atom stereocenters. The lowest BCUT2D eigenvalue weighted by Crippen LogP contribution is -2.16. The van der Waals surface area contributed by atoms with Crippen LogP contribution < -0.4 is 4.74 Å². The summed E-state index contributed by atoms with van der Waals surface area (Å²) in [6, 6.07) is 0. The number of carbonyl (C=O) groups is 1. The molecule has 0 aromatic heterocycles. The molecule has 0 N–H and O–H groups in total. The van der Waals surface area contributed by atoms with E-state index in [2.05, 4.69) is 10.7 Å². The molecule has 0 radical (unpaired) electrons. The SMILES string of the molecule is C#CCOCCOCCOCCOCCOCCOCCOCCOCCC(=O)Oc1c(F)c(F)c(F)c(F)c1F. The molecule has 0 unspecified atom stereocenters. The molecule has 0 saturated carbocycles. The molecule has 10 nitrogen and oxygen atoms in total. The van der Waals surface area contributed by atoms with E-state index in [0.29, 0.717) is 72.7 Å². The van der Waals surface area contributed by atoms with E-state index < -0.39 is 47.2 Å². The van der Waals surface area contributed by atoms with Gasteiger partial charge >= 0.3 is 5.97 Å². The first-order valence-corrected chi connectivity index (χ1v) is 12.7. The van der Waals surface area contributed by atoms with E-state index in [1.807, 2.05) is 0 Å². The number of hydrogen-bond acceptors (Lipinski definition) is 10. The lowest BCUT2D eigenvalue weighted by Gasteiger charge is -2.09. The fourth-order valence-corrected chi connectivity index (χ4v) is 2.67. The van der Waals surface area contributed by atoms with Gasteiger partial charge in [0.1, 0.15) is 6.61 Å². The van der Waals surface area contributed by atoms with Crippen molar-refractivity contribution in [3.63, 3.8) is 0 Å². The monoisotopic (exact) mass is 602 g/mol. The molecule has 1 rings (SSSR count). The molecule has 1 aromatic carbocycles. The van der Waals surface area contributed by atoms with Crippen LogP contribution >= 0.6 is 0 Å². The molecular formula is C26H35F5O10. The summed E-state index contributed by atoms with van der Waals surface area (Å²) in [4.78, 5) is 11.6. The Balaban J connectivity index is 1.83. The lowest BCUT2D eigenvalue weighted by molar-refractivity contribution is -0.136. The van der Waals surface area contributed by atoms with Gasteiger partial charge in [-0.25, -0.2) is 13.2 Å². The molecule has 0 fully saturated rings. The second-order valence-corrected chi connectivity index (χ2v) is 7.67. The quantitative estimate of drug-likeness (QED) is 0.0299. The van der Waals surface area contributed by atoms with E-state index in [1.54, 1.807) is 0 Å². The Bertz CT molecular complexity index is 871. The number of esters is 1. The predicted molar refractivity (Wildman–Crippen MR) is 132 cm³/mol. The average molecular weight is 603 g/mol. The molecule has 0 spiro atoms. The van der Waals surface area contributed by atoms with Crippen molar-refractivity contribution in [3.8, 4) is 18.1 Å². The molecule has 234 valence electrons. The first-order chi connectivity index (χ1) is 19.9. The second kappa shape index (κ2) is 24.2. The van der Waals surface area contributed by atoms with Gasteiger partial charge in [-0.2, -0.15) is 8.78 Å². The van der Waals surface area contributed by atoms with Crippen molar-refractivity contribution in [2.45, 2.75) is 6.42 Å². The number of halogens is 5. The van der Waals surface area contributed by atoms with Crippen molar-refractivity contribution in [3.05, 3.63) is 29.1 Å². The third kappa shape index (κ3) is 17.2. The van der Waals surface area contributed by atoms with Gasteiger partial charge in [-0.1, -0.05) is 5.92 Å². The van der Waals surface area contributed by atoms with Gasteiger partial charge in [0, 0.05) is 0 Å². The fourth-order valence-electron chi connectivity index (χ4n) is 2.67. The topological polar surface area (TPSA) is 100 Å². The molecule has 0 saturated heterocycles. The molecule has 15 heteroatoms. The number of carbonyl (C=O) groups excluding carboxylic acids is 1. The molecule has 0 amide bonds. The van der Waals surface area contributed by atoms with E-state index in [4.69, 9.17) is 44.3 Å². The predicted octanol–water partition coefficient (Wildman–Crippen LogP) is 2.44. The van der Waals surface area contributed by atoms with Crippen LogP contribution in [0.25, 0.3) is 0 Å². The fraction of sp³-hybridized carbons (Fsp3) is 0.654. The maximum atomic E-state index is 13.5. The third-order valence-corrected chi connectivity index (χ3v) is 4.63. The summed E-state index contributed by atoms with van der Waals surface area (Å²) in [5.41, 5.74) is 0. The number of rotatable bonds is 26. The number of hydrogen-bond donors (Lipinski definition) is 0. The summed E-state index contributed by atoms with van der Waals surface area (Å²) in [7, 11) is 0. The van der Waals surface area contributed by atoms with Crippen LogP contribution in [-0.2, 0) is 42.7 Å². The minimum atomic E-state index is -2.35. The molecule has 0 aliphatic carbocycles. The first kappa shape index (κ1) is 36.6. The van der Waals surface area contributed by atoms with Crippen LogP contribution in [0.3, 0.4) is 0 Å². The summed E-state index contributed by atoms with van der Waals surface area (Å²) >= 11 is 0. The van der Waals surface area contributed by atoms with Gasteiger partial charge in [-0.15, -0.1) is 6.42 Å². The van der Waals surface area contributed by atoms with Gasteiger partial charge in [0.2, 0.25) is 34.8 Å². The zero-order valence-corrected chi connectivity index (χ0v) is 22.6. The standard InChI is InChI=1S/C26H35F5O10/c1-2-4-33-6-8-35-10-12-37-14-16-39-18-19-40-17-15-38-13-11-36-9-7-34-5-3-20(32)41-26-24(30)22(28)21(27)23(29)25(26)31/h1H,3-19H2. The Kier molecular flexibility index (Phi) is 21.6. The van der Waals surface area contributed by atoms with Gasteiger partial charge < -0.3 is 42.6 Å². The number of terminal acetylenes is 1. The van der Waals surface area contributed by atoms with Crippen LogP contribution in [-0.4, -0.2) is 112 Å². The van der Waals surface area contributed by atoms with Crippen molar-refractivity contribution in [1.29, 1.82) is 0 Å². The number of ether oxygens (including phenoxy) is 9. The smallest absolute Gasteiger partial charge is 0.313 e. The van der Waals surface area contributed by atoms with Crippen LogP contribution in [0, 0.1) is 41.4 Å². The highest BCUT2D eigenvalue weighted by molar-refractivity contribution is 5.72. The van der Waals surface area contributed by atoms with Crippen molar-refractivity contribution in [2.24, 2.45) is 0 Å². The van der Waals surface area contributed by atoms with E-state index in [1.165, 1.54) is 0 Å². The normalized spacial score (nSPS) is 11.1. The summed E-state index contributed by atoms with van der Waals surface area (Å²) in [6.45, 7) is 5.19. The zero-order chi connectivity index (χ0) is 30.1. The summed E-state index contributed by atoms with van der Waals surface area (Å²) in [5.74, 6) is -11.8. The van der Waals surface area contributed by atoms with Crippen LogP contribution in [0.2, 0.25) is 0 Å². The van der Waals surface area contributed by atoms with Crippen molar-refractivity contribution in [1.82, 2.24) is 0 Å². The van der Waals surface area contributed by atoms with Crippen LogP contribution in [0.5, 0.6) is 5.75 Å². The molecule has 0 aliphatic rings. The molecule has 1 aromatic rings. The van der Waals surface area contributed by atoms with Crippen LogP contribution in [0.4, 0.5) is 22.0 Å². The van der Waals surface area contributed by atoms with Gasteiger partial charge in [0.25, 0.3) is 0 Å². The van der Waals surface area contributed by atoms with Crippen LogP contribution in [0.1, 0.15) is 6.42 Å². The minimum Gasteiger partial charge on any atom is -0.420 e. The van der Waals surface area contributed by atoms with Gasteiger partial charge in [0.15, 0.2) is 0 Å². The Morgan fingerprint density at radius 1 is 0.488 bits per heavy atom. The maximum absolute atomic E-state index is 13.5. The van der Waals surface area contributed by atoms with Crippen molar-refractivity contribution < 1.29 is 69.4 Å². The van der Waals surface area contributed by atoms with Crippen LogP contribution in [0.15, 0.2) is 0 Å². The van der Waals surface area contributed by atoms with Gasteiger partial charge in [-0.3, -0.25) is 4.79 Å².